The van der Waals surface area contributed by atoms with Gasteiger partial charge < -0.3 is 4.74 Å². The van der Waals surface area contributed by atoms with Crippen molar-refractivity contribution in [3.63, 3.8) is 0 Å². The summed E-state index contributed by atoms with van der Waals surface area (Å²) < 4.78 is 5.65. The molecule has 0 aromatic carbocycles. The molecule has 2 heterocycles. The predicted octanol–water partition coefficient (Wildman–Crippen LogP) is 0.768. The third kappa shape index (κ3) is 2.59. The Morgan fingerprint density at radius 3 is 3.00 bits per heavy atom. The van der Waals surface area contributed by atoms with Gasteiger partial charge in [0, 0.05) is 19.1 Å². The highest BCUT2D eigenvalue weighted by molar-refractivity contribution is 8.15. The lowest BCUT2D eigenvalue weighted by atomic mass is 10.2. The van der Waals surface area contributed by atoms with Crippen LogP contribution in [-0.4, -0.2) is 53.4 Å². The zero-order chi connectivity index (χ0) is 10.8. The van der Waals surface area contributed by atoms with E-state index in [0.29, 0.717) is 11.8 Å². The molecule has 84 valence electrons. The fraction of sp³-hybridized carbons (Fsp3) is 0.800. The van der Waals surface area contributed by atoms with Crippen molar-refractivity contribution in [3.8, 4) is 0 Å². The molecule has 1 fully saturated rings. The van der Waals surface area contributed by atoms with Gasteiger partial charge in [0.2, 0.25) is 0 Å². The maximum Gasteiger partial charge on any atom is 0.256 e. The van der Waals surface area contributed by atoms with Crippen LogP contribution in [0.15, 0.2) is 4.99 Å². The van der Waals surface area contributed by atoms with E-state index in [4.69, 9.17) is 4.74 Å². The van der Waals surface area contributed by atoms with Crippen molar-refractivity contribution < 1.29 is 9.53 Å². The molecule has 0 radical (unpaired) electrons. The van der Waals surface area contributed by atoms with Gasteiger partial charge >= 0.3 is 0 Å². The second-order valence-corrected chi connectivity index (χ2v) is 5.08. The minimum atomic E-state index is -0.0275. The van der Waals surface area contributed by atoms with E-state index in [1.807, 2.05) is 0 Å². The van der Waals surface area contributed by atoms with Crippen LogP contribution in [0, 0.1) is 0 Å². The van der Waals surface area contributed by atoms with Gasteiger partial charge in [-0.1, -0.05) is 11.8 Å². The molecule has 15 heavy (non-hydrogen) atoms. The Morgan fingerprint density at radius 2 is 2.40 bits per heavy atom. The van der Waals surface area contributed by atoms with Gasteiger partial charge in [-0.25, -0.2) is 4.99 Å². The van der Waals surface area contributed by atoms with Crippen molar-refractivity contribution in [1.82, 2.24) is 4.90 Å². The lowest BCUT2D eigenvalue weighted by Gasteiger charge is -2.35. The summed E-state index contributed by atoms with van der Waals surface area (Å²) in [5.74, 6) is 0.455. The van der Waals surface area contributed by atoms with Crippen LogP contribution in [0.25, 0.3) is 0 Å². The van der Waals surface area contributed by atoms with Gasteiger partial charge in [-0.15, -0.1) is 0 Å². The van der Waals surface area contributed by atoms with Crippen molar-refractivity contribution in [1.29, 1.82) is 0 Å². The molecule has 5 heteroatoms. The van der Waals surface area contributed by atoms with Crippen LogP contribution in [0.3, 0.4) is 0 Å². The third-order valence-corrected chi connectivity index (χ3v) is 3.72. The minimum Gasteiger partial charge on any atom is -0.369 e. The second-order valence-electron chi connectivity index (χ2n) is 4.08. The van der Waals surface area contributed by atoms with Crippen LogP contribution in [0.1, 0.15) is 13.8 Å². The van der Waals surface area contributed by atoms with Crippen molar-refractivity contribution in [2.24, 2.45) is 4.99 Å². The molecule has 0 aromatic rings. The molecule has 1 amide bonds. The van der Waals surface area contributed by atoms with E-state index in [1.165, 1.54) is 11.8 Å². The molecule has 1 unspecified atom stereocenters. The summed E-state index contributed by atoms with van der Waals surface area (Å²) in [5, 5.41) is 0.866. The summed E-state index contributed by atoms with van der Waals surface area (Å²) in [6, 6.07) is 0.527. The first-order chi connectivity index (χ1) is 7.16. The minimum absolute atomic E-state index is 0.0117. The van der Waals surface area contributed by atoms with Crippen LogP contribution in [0.5, 0.6) is 0 Å². The number of carbonyl (C=O) groups excluding carboxylic acids is 1. The largest absolute Gasteiger partial charge is 0.369 e. The van der Waals surface area contributed by atoms with Gasteiger partial charge in [0.25, 0.3) is 5.91 Å². The fourth-order valence-electron chi connectivity index (χ4n) is 1.78. The highest BCUT2D eigenvalue weighted by Gasteiger charge is 2.29. The van der Waals surface area contributed by atoms with Gasteiger partial charge in [-0.05, 0) is 13.8 Å². The van der Waals surface area contributed by atoms with E-state index in [1.54, 1.807) is 0 Å². The van der Waals surface area contributed by atoms with Gasteiger partial charge in [0.15, 0.2) is 0 Å². The summed E-state index contributed by atoms with van der Waals surface area (Å²) in [6.07, 6.45) is 0.0117. The van der Waals surface area contributed by atoms with E-state index in [9.17, 15) is 4.79 Å². The summed E-state index contributed by atoms with van der Waals surface area (Å²) in [5.41, 5.74) is 0. The number of amides is 1. The highest BCUT2D eigenvalue weighted by atomic mass is 32.2. The van der Waals surface area contributed by atoms with Crippen LogP contribution in [-0.2, 0) is 9.53 Å². The van der Waals surface area contributed by atoms with Crippen LogP contribution in [0.2, 0.25) is 0 Å². The normalized spacial score (nSPS) is 28.6. The molecule has 0 N–H and O–H groups in total. The molecular formula is C10H16N2O2S. The van der Waals surface area contributed by atoms with Gasteiger partial charge in [0.1, 0.15) is 11.1 Å². The lowest BCUT2D eigenvalue weighted by Crippen LogP contribution is -2.47. The number of hydrogen-bond acceptors (Lipinski definition) is 4. The zero-order valence-electron chi connectivity index (χ0n) is 9.10. The SMILES string of the molecule is CC(C)N1CCOC(C2=NC(=O)CS2)C1. The molecule has 1 saturated heterocycles. The molecule has 0 saturated carbocycles. The van der Waals surface area contributed by atoms with Crippen LogP contribution < -0.4 is 0 Å². The molecule has 0 aliphatic carbocycles. The monoisotopic (exact) mass is 228 g/mol. The van der Waals surface area contributed by atoms with E-state index < -0.39 is 0 Å². The molecular weight excluding hydrogens is 212 g/mol. The first-order valence-corrected chi connectivity index (χ1v) is 6.25. The summed E-state index contributed by atoms with van der Waals surface area (Å²) in [7, 11) is 0. The molecule has 0 bridgehead atoms. The molecule has 2 rings (SSSR count). The number of hydrogen-bond donors (Lipinski definition) is 0. The standard InChI is InChI=1S/C10H16N2O2S/c1-7(2)12-3-4-14-8(5-12)10-11-9(13)6-15-10/h7-8H,3-6H2,1-2H3. The number of ether oxygens (including phenoxy) is 1. The topological polar surface area (TPSA) is 41.9 Å². The molecule has 1 atom stereocenters. The number of carbonyl (C=O) groups is 1. The summed E-state index contributed by atoms with van der Waals surface area (Å²) in [6.45, 7) is 6.92. The second kappa shape index (κ2) is 4.63. The first-order valence-electron chi connectivity index (χ1n) is 5.26. The number of aliphatic imine (C=N–C) groups is 1. The highest BCUT2D eigenvalue weighted by Crippen LogP contribution is 2.21. The number of nitrogens with zero attached hydrogens (tertiary/aromatic N) is 2. The smallest absolute Gasteiger partial charge is 0.256 e. The first kappa shape index (κ1) is 11.1. The van der Waals surface area contributed by atoms with E-state index >= 15 is 0 Å². The van der Waals surface area contributed by atoms with Crippen molar-refractivity contribution in [2.45, 2.75) is 26.0 Å². The maximum atomic E-state index is 11.0. The zero-order valence-corrected chi connectivity index (χ0v) is 9.92. The molecule has 0 aromatic heterocycles. The van der Waals surface area contributed by atoms with E-state index in [0.717, 1.165) is 24.7 Å². The third-order valence-electron chi connectivity index (χ3n) is 2.68. The average molecular weight is 228 g/mol. The predicted molar refractivity (Wildman–Crippen MR) is 61.3 cm³/mol. The molecule has 4 nitrogen and oxygen atoms in total. The van der Waals surface area contributed by atoms with Crippen molar-refractivity contribution >= 4 is 22.7 Å². The van der Waals surface area contributed by atoms with Crippen molar-refractivity contribution in [2.75, 3.05) is 25.4 Å². The summed E-state index contributed by atoms with van der Waals surface area (Å²) >= 11 is 1.52. The van der Waals surface area contributed by atoms with E-state index in [2.05, 4.69) is 23.7 Å². The fourth-order valence-corrected chi connectivity index (χ4v) is 2.61. The van der Waals surface area contributed by atoms with Gasteiger partial charge in [-0.3, -0.25) is 9.69 Å². The number of rotatable bonds is 2. The Hall–Kier alpha value is -0.390. The molecule has 2 aliphatic heterocycles. The van der Waals surface area contributed by atoms with Gasteiger partial charge in [0.05, 0.1) is 12.4 Å². The van der Waals surface area contributed by atoms with E-state index in [-0.39, 0.29) is 12.0 Å². The average Bonchev–Trinajstić information content (AvgIpc) is 2.65. The van der Waals surface area contributed by atoms with Crippen molar-refractivity contribution in [3.05, 3.63) is 0 Å². The molecule has 2 aliphatic rings. The Labute approximate surface area is 94.1 Å². The lowest BCUT2D eigenvalue weighted by molar-refractivity contribution is -0.115. The Kier molecular flexibility index (Phi) is 3.43. The Balaban J connectivity index is 1.98. The Bertz CT molecular complexity index is 291. The quantitative estimate of drug-likeness (QED) is 0.700. The summed E-state index contributed by atoms with van der Waals surface area (Å²) in [4.78, 5) is 17.4. The molecule has 0 spiro atoms. The van der Waals surface area contributed by atoms with Crippen LogP contribution >= 0.6 is 11.8 Å². The number of morpholine rings is 1. The van der Waals surface area contributed by atoms with Crippen LogP contribution in [0.4, 0.5) is 0 Å². The maximum absolute atomic E-state index is 11.0. The number of thioether (sulfide) groups is 1. The Morgan fingerprint density at radius 1 is 1.60 bits per heavy atom. The van der Waals surface area contributed by atoms with Gasteiger partial charge in [-0.2, -0.15) is 0 Å².